The number of nitrogens with one attached hydrogen (secondary N) is 1. The van der Waals surface area contributed by atoms with Crippen LogP contribution in [0.3, 0.4) is 0 Å². The van der Waals surface area contributed by atoms with E-state index in [2.05, 4.69) is 52.2 Å². The van der Waals surface area contributed by atoms with E-state index in [4.69, 9.17) is 4.74 Å². The predicted octanol–water partition coefficient (Wildman–Crippen LogP) is 1.78. The van der Waals surface area contributed by atoms with Crippen molar-refractivity contribution in [3.63, 3.8) is 0 Å². The van der Waals surface area contributed by atoms with Crippen LogP contribution in [0.5, 0.6) is 5.75 Å². The lowest BCUT2D eigenvalue weighted by Crippen LogP contribution is -3.05. The number of carbonyl (C=O) groups excluding carboxylic acids is 1. The molecule has 0 spiro atoms. The SMILES string of the molecule is CC(C)c1ccc(/C=C/C(=O)c2ccc(OCCC[NH+](C)C)c3ccccc23)cc1.[Cl-]. The number of carbonyl (C=O) groups is 1. The lowest BCUT2D eigenvalue weighted by Gasteiger charge is -2.12. The monoisotopic (exact) mass is 437 g/mol. The number of ketones is 1. The number of benzene rings is 3. The molecule has 0 aliphatic rings. The molecule has 31 heavy (non-hydrogen) atoms. The molecule has 0 aliphatic carbocycles. The van der Waals surface area contributed by atoms with Crippen molar-refractivity contribution < 1.29 is 26.8 Å². The third-order valence-electron chi connectivity index (χ3n) is 5.26. The Balaban J connectivity index is 0.00000341. The number of hydrogen-bond donors (Lipinski definition) is 1. The van der Waals surface area contributed by atoms with E-state index in [1.165, 1.54) is 10.5 Å². The summed E-state index contributed by atoms with van der Waals surface area (Å²) in [5.74, 6) is 1.34. The highest BCUT2D eigenvalue weighted by Crippen LogP contribution is 2.29. The summed E-state index contributed by atoms with van der Waals surface area (Å²) in [6.45, 7) is 6.10. The van der Waals surface area contributed by atoms with Crippen LogP contribution in [0.4, 0.5) is 0 Å². The maximum Gasteiger partial charge on any atom is 0.186 e. The Bertz CT molecular complexity index is 1020. The van der Waals surface area contributed by atoms with Gasteiger partial charge in [-0.1, -0.05) is 68.5 Å². The second-order valence-electron chi connectivity index (χ2n) is 8.33. The molecule has 0 bridgehead atoms. The van der Waals surface area contributed by atoms with Gasteiger partial charge in [0, 0.05) is 17.4 Å². The van der Waals surface area contributed by atoms with Crippen molar-refractivity contribution in [3.8, 4) is 5.75 Å². The molecule has 0 heterocycles. The van der Waals surface area contributed by atoms with Gasteiger partial charge in [0.15, 0.2) is 5.78 Å². The van der Waals surface area contributed by atoms with Crippen molar-refractivity contribution in [3.05, 3.63) is 83.4 Å². The van der Waals surface area contributed by atoms with E-state index in [0.29, 0.717) is 18.1 Å². The van der Waals surface area contributed by atoms with Gasteiger partial charge in [-0.15, -0.1) is 0 Å². The van der Waals surface area contributed by atoms with Crippen LogP contribution in [-0.2, 0) is 0 Å². The first kappa shape index (κ1) is 24.6. The second kappa shape index (κ2) is 11.7. The zero-order valence-electron chi connectivity index (χ0n) is 18.8. The molecular weight excluding hydrogens is 406 g/mol. The molecule has 3 nitrogen and oxygen atoms in total. The molecule has 0 atom stereocenters. The molecule has 164 valence electrons. The summed E-state index contributed by atoms with van der Waals surface area (Å²) in [5.41, 5.74) is 3.03. The van der Waals surface area contributed by atoms with Gasteiger partial charge in [0.05, 0.1) is 27.2 Å². The van der Waals surface area contributed by atoms with Gasteiger partial charge in [-0.3, -0.25) is 4.79 Å². The number of hydrogen-bond acceptors (Lipinski definition) is 2. The van der Waals surface area contributed by atoms with Gasteiger partial charge in [-0.05, 0) is 40.6 Å². The molecule has 3 rings (SSSR count). The summed E-state index contributed by atoms with van der Waals surface area (Å²) < 4.78 is 6.02. The Morgan fingerprint density at radius 2 is 1.65 bits per heavy atom. The molecule has 0 fully saturated rings. The van der Waals surface area contributed by atoms with Crippen LogP contribution in [0, 0.1) is 0 Å². The van der Waals surface area contributed by atoms with E-state index in [1.54, 1.807) is 6.08 Å². The summed E-state index contributed by atoms with van der Waals surface area (Å²) >= 11 is 0. The van der Waals surface area contributed by atoms with E-state index < -0.39 is 0 Å². The average molecular weight is 438 g/mol. The zero-order chi connectivity index (χ0) is 21.5. The molecule has 0 amide bonds. The van der Waals surface area contributed by atoms with E-state index >= 15 is 0 Å². The highest BCUT2D eigenvalue weighted by Gasteiger charge is 2.11. The second-order valence-corrected chi connectivity index (χ2v) is 8.33. The Morgan fingerprint density at radius 1 is 0.968 bits per heavy atom. The molecule has 3 aromatic rings. The van der Waals surface area contributed by atoms with Gasteiger partial charge < -0.3 is 22.0 Å². The van der Waals surface area contributed by atoms with E-state index in [9.17, 15) is 4.79 Å². The molecule has 3 aromatic carbocycles. The fourth-order valence-corrected chi connectivity index (χ4v) is 3.47. The largest absolute Gasteiger partial charge is 1.00 e. The molecule has 0 saturated carbocycles. The molecule has 0 aliphatic heterocycles. The fourth-order valence-electron chi connectivity index (χ4n) is 3.47. The Kier molecular flexibility index (Phi) is 9.29. The van der Waals surface area contributed by atoms with Crippen LogP contribution in [0.1, 0.15) is 47.7 Å². The molecule has 1 N–H and O–H groups in total. The highest BCUT2D eigenvalue weighted by molar-refractivity contribution is 6.15. The van der Waals surface area contributed by atoms with Crippen molar-refractivity contribution >= 4 is 22.6 Å². The minimum absolute atomic E-state index is 0. The summed E-state index contributed by atoms with van der Waals surface area (Å²) in [5, 5.41) is 1.91. The van der Waals surface area contributed by atoms with E-state index in [1.807, 2.05) is 42.5 Å². The van der Waals surface area contributed by atoms with Crippen LogP contribution in [-0.4, -0.2) is 33.0 Å². The van der Waals surface area contributed by atoms with Crippen molar-refractivity contribution in [2.45, 2.75) is 26.2 Å². The van der Waals surface area contributed by atoms with Crippen molar-refractivity contribution in [1.29, 1.82) is 0 Å². The first-order chi connectivity index (χ1) is 14.5. The lowest BCUT2D eigenvalue weighted by molar-refractivity contribution is -0.858. The lowest BCUT2D eigenvalue weighted by atomic mass is 9.99. The van der Waals surface area contributed by atoms with Crippen LogP contribution in [0.15, 0.2) is 66.7 Å². The minimum atomic E-state index is 0. The van der Waals surface area contributed by atoms with Gasteiger partial charge >= 0.3 is 0 Å². The molecule has 4 heteroatoms. The molecule has 0 unspecified atom stereocenters. The van der Waals surface area contributed by atoms with Crippen LogP contribution in [0.2, 0.25) is 0 Å². The van der Waals surface area contributed by atoms with Crippen LogP contribution >= 0.6 is 0 Å². The normalized spacial score (nSPS) is 11.3. The third kappa shape index (κ3) is 6.68. The summed E-state index contributed by atoms with van der Waals surface area (Å²) in [4.78, 5) is 14.3. The van der Waals surface area contributed by atoms with Gasteiger partial charge in [0.25, 0.3) is 0 Å². The Morgan fingerprint density at radius 3 is 2.29 bits per heavy atom. The third-order valence-corrected chi connectivity index (χ3v) is 5.26. The van der Waals surface area contributed by atoms with E-state index in [-0.39, 0.29) is 18.2 Å². The van der Waals surface area contributed by atoms with Crippen molar-refractivity contribution in [1.82, 2.24) is 0 Å². The molecule has 0 aromatic heterocycles. The van der Waals surface area contributed by atoms with Gasteiger partial charge in [0.1, 0.15) is 5.75 Å². The van der Waals surface area contributed by atoms with Crippen molar-refractivity contribution in [2.24, 2.45) is 0 Å². The molecular formula is C27H32ClNO2. The Hall–Kier alpha value is -2.62. The minimum Gasteiger partial charge on any atom is -1.00 e. The Labute approximate surface area is 192 Å². The number of fused-ring (bicyclic) bond motifs is 1. The fraction of sp³-hybridized carbons (Fsp3) is 0.296. The maximum atomic E-state index is 12.9. The number of rotatable bonds is 9. The van der Waals surface area contributed by atoms with E-state index in [0.717, 1.165) is 35.1 Å². The van der Waals surface area contributed by atoms with Gasteiger partial charge in [-0.25, -0.2) is 0 Å². The summed E-state index contributed by atoms with van der Waals surface area (Å²) in [6.07, 6.45) is 4.54. The molecule has 0 saturated heterocycles. The number of halogens is 1. The van der Waals surface area contributed by atoms with Gasteiger partial charge in [0.2, 0.25) is 0 Å². The standard InChI is InChI=1S/C27H31NO2.ClH/c1-20(2)22-13-10-21(11-14-22)12-16-26(29)24-15-17-27(30-19-7-18-28(3)4)25-9-6-5-8-23(24)25;/h5-6,8-17,20H,7,18-19H2,1-4H3;1H/b16-12+;. The first-order valence-corrected chi connectivity index (χ1v) is 10.7. The zero-order valence-corrected chi connectivity index (χ0v) is 19.6. The number of ether oxygens (including phenoxy) is 1. The first-order valence-electron chi connectivity index (χ1n) is 10.7. The molecule has 0 radical (unpaired) electrons. The topological polar surface area (TPSA) is 30.7 Å². The smallest absolute Gasteiger partial charge is 0.186 e. The van der Waals surface area contributed by atoms with Crippen molar-refractivity contribution in [2.75, 3.05) is 27.2 Å². The maximum absolute atomic E-state index is 12.9. The van der Waals surface area contributed by atoms with Crippen LogP contribution < -0.4 is 22.0 Å². The van der Waals surface area contributed by atoms with Crippen LogP contribution in [0.25, 0.3) is 16.8 Å². The number of allylic oxidation sites excluding steroid dienone is 1. The predicted molar refractivity (Wildman–Crippen MR) is 126 cm³/mol. The highest BCUT2D eigenvalue weighted by atomic mass is 35.5. The average Bonchev–Trinajstić information content (AvgIpc) is 2.75. The summed E-state index contributed by atoms with van der Waals surface area (Å²) in [6, 6.07) is 20.1. The number of quaternary nitrogens is 1. The quantitative estimate of drug-likeness (QED) is 0.314. The summed E-state index contributed by atoms with van der Waals surface area (Å²) in [7, 11) is 4.28. The van der Waals surface area contributed by atoms with Gasteiger partial charge in [-0.2, -0.15) is 0 Å².